The van der Waals surface area contributed by atoms with Crippen LogP contribution in [0.1, 0.15) is 24.0 Å². The normalized spacial score (nSPS) is 18.3. The van der Waals surface area contributed by atoms with Gasteiger partial charge in [0, 0.05) is 5.69 Å². The molecule has 0 saturated carbocycles. The summed E-state index contributed by atoms with van der Waals surface area (Å²) < 4.78 is 0. The van der Waals surface area contributed by atoms with Crippen molar-refractivity contribution >= 4 is 24.0 Å². The van der Waals surface area contributed by atoms with Gasteiger partial charge in [-0.15, -0.1) is 12.4 Å². The van der Waals surface area contributed by atoms with Crippen LogP contribution in [0.4, 0.5) is 5.69 Å². The molecular weight excluding hydrogens is 296 g/mol. The maximum absolute atomic E-state index is 12.2. The molecule has 2 aromatic carbocycles. The maximum Gasteiger partial charge on any atom is 0.241 e. The Bertz CT molecular complexity index is 708. The lowest BCUT2D eigenvalue weighted by atomic mass is 10.1. The first kappa shape index (κ1) is 15.1. The third kappa shape index (κ3) is 2.62. The number of halogens is 1. The van der Waals surface area contributed by atoms with E-state index >= 15 is 0 Å². The summed E-state index contributed by atoms with van der Waals surface area (Å²) in [5.41, 5.74) is 6.19. The van der Waals surface area contributed by atoms with E-state index in [1.54, 1.807) is 0 Å². The zero-order valence-corrected chi connectivity index (χ0v) is 13.1. The van der Waals surface area contributed by atoms with E-state index in [-0.39, 0.29) is 24.4 Å². The summed E-state index contributed by atoms with van der Waals surface area (Å²) in [7, 11) is 0. The number of carbonyl (C=O) groups excluding carboxylic acids is 1. The predicted octanol–water partition coefficient (Wildman–Crippen LogP) is 3.37. The van der Waals surface area contributed by atoms with Gasteiger partial charge < -0.3 is 10.6 Å². The van der Waals surface area contributed by atoms with Gasteiger partial charge in [-0.1, -0.05) is 30.3 Å². The molecule has 1 atom stereocenters. The Balaban J connectivity index is 0.00000144. The highest BCUT2D eigenvalue weighted by Gasteiger charge is 2.23. The number of fused-ring (bicyclic) bond motifs is 3. The molecule has 0 spiro atoms. The van der Waals surface area contributed by atoms with Crippen LogP contribution in [0.2, 0.25) is 0 Å². The van der Waals surface area contributed by atoms with Crippen LogP contribution in [0.25, 0.3) is 11.1 Å². The van der Waals surface area contributed by atoms with Crippen molar-refractivity contribution < 1.29 is 4.79 Å². The van der Waals surface area contributed by atoms with Gasteiger partial charge in [0.25, 0.3) is 0 Å². The molecule has 1 heterocycles. The molecule has 114 valence electrons. The lowest BCUT2D eigenvalue weighted by Gasteiger charge is -2.12. The standard InChI is InChI=1S/C18H18N2O.ClH/c21-18(17-6-3-9-19-17)20-14-7-8-16-13(11-14)10-12-4-1-2-5-15(12)16;/h1-2,4-5,7-8,11,17,19H,3,6,9-10H2,(H,20,21);1H. The summed E-state index contributed by atoms with van der Waals surface area (Å²) in [5.74, 6) is 0.0861. The first-order valence-electron chi connectivity index (χ1n) is 7.57. The van der Waals surface area contributed by atoms with Crippen molar-refractivity contribution in [3.05, 3.63) is 53.6 Å². The second-order valence-electron chi connectivity index (χ2n) is 5.84. The first-order chi connectivity index (χ1) is 10.3. The van der Waals surface area contributed by atoms with Crippen LogP contribution in [0.5, 0.6) is 0 Å². The van der Waals surface area contributed by atoms with Crippen molar-refractivity contribution in [3.8, 4) is 11.1 Å². The minimum Gasteiger partial charge on any atom is -0.325 e. The monoisotopic (exact) mass is 314 g/mol. The van der Waals surface area contributed by atoms with Crippen LogP contribution in [0, 0.1) is 0 Å². The number of carbonyl (C=O) groups is 1. The maximum atomic E-state index is 12.2. The molecule has 1 unspecified atom stereocenters. The van der Waals surface area contributed by atoms with E-state index in [1.165, 1.54) is 22.3 Å². The third-order valence-corrected chi connectivity index (χ3v) is 4.44. The Labute approximate surface area is 136 Å². The van der Waals surface area contributed by atoms with E-state index in [1.807, 2.05) is 6.07 Å². The fraction of sp³-hybridized carbons (Fsp3) is 0.278. The van der Waals surface area contributed by atoms with E-state index < -0.39 is 0 Å². The largest absolute Gasteiger partial charge is 0.325 e. The molecule has 0 aromatic heterocycles. The molecule has 2 aromatic rings. The van der Waals surface area contributed by atoms with Crippen LogP contribution >= 0.6 is 12.4 Å². The Hall–Kier alpha value is -1.84. The molecule has 1 saturated heterocycles. The average Bonchev–Trinajstić information content (AvgIpc) is 3.14. The summed E-state index contributed by atoms with van der Waals surface area (Å²) in [5, 5.41) is 6.27. The Morgan fingerprint density at radius 2 is 1.91 bits per heavy atom. The number of nitrogens with one attached hydrogen (secondary N) is 2. The molecule has 22 heavy (non-hydrogen) atoms. The van der Waals surface area contributed by atoms with Gasteiger partial charge in [-0.05, 0) is 60.2 Å². The van der Waals surface area contributed by atoms with Gasteiger partial charge in [0.15, 0.2) is 0 Å². The Morgan fingerprint density at radius 3 is 2.73 bits per heavy atom. The number of rotatable bonds is 2. The van der Waals surface area contributed by atoms with E-state index in [2.05, 4.69) is 47.0 Å². The molecular formula is C18H19ClN2O. The van der Waals surface area contributed by atoms with Crippen LogP contribution < -0.4 is 10.6 Å². The summed E-state index contributed by atoms with van der Waals surface area (Å²) >= 11 is 0. The lowest BCUT2D eigenvalue weighted by molar-refractivity contribution is -0.117. The van der Waals surface area contributed by atoms with Crippen LogP contribution in [0.15, 0.2) is 42.5 Å². The van der Waals surface area contributed by atoms with Gasteiger partial charge in [-0.25, -0.2) is 0 Å². The minimum atomic E-state index is -0.0320. The van der Waals surface area contributed by atoms with Crippen molar-refractivity contribution in [2.24, 2.45) is 0 Å². The molecule has 0 radical (unpaired) electrons. The van der Waals surface area contributed by atoms with Crippen molar-refractivity contribution in [3.63, 3.8) is 0 Å². The molecule has 1 fully saturated rings. The summed E-state index contributed by atoms with van der Waals surface area (Å²) in [6, 6.07) is 14.7. The Morgan fingerprint density at radius 1 is 1.09 bits per heavy atom. The van der Waals surface area contributed by atoms with Crippen molar-refractivity contribution in [2.75, 3.05) is 11.9 Å². The molecule has 3 nitrogen and oxygen atoms in total. The molecule has 2 N–H and O–H groups in total. The molecule has 4 rings (SSSR count). The van der Waals surface area contributed by atoms with E-state index in [0.29, 0.717) is 0 Å². The SMILES string of the molecule is Cl.O=C(Nc1ccc2c(c1)Cc1ccccc1-2)C1CCCN1. The van der Waals surface area contributed by atoms with Crippen molar-refractivity contribution in [1.29, 1.82) is 0 Å². The fourth-order valence-corrected chi connectivity index (χ4v) is 3.36. The average molecular weight is 315 g/mol. The molecule has 1 aliphatic heterocycles. The van der Waals surface area contributed by atoms with Gasteiger partial charge in [-0.3, -0.25) is 4.79 Å². The quantitative estimate of drug-likeness (QED) is 0.761. The van der Waals surface area contributed by atoms with Gasteiger partial charge in [0.2, 0.25) is 5.91 Å². The molecule has 0 bridgehead atoms. The van der Waals surface area contributed by atoms with Gasteiger partial charge in [0.1, 0.15) is 0 Å². The van der Waals surface area contributed by atoms with Gasteiger partial charge in [0.05, 0.1) is 6.04 Å². The highest BCUT2D eigenvalue weighted by atomic mass is 35.5. The topological polar surface area (TPSA) is 41.1 Å². The van der Waals surface area contributed by atoms with Crippen LogP contribution in [-0.2, 0) is 11.2 Å². The van der Waals surface area contributed by atoms with E-state index in [9.17, 15) is 4.79 Å². The highest BCUT2D eigenvalue weighted by molar-refractivity contribution is 5.95. The number of amides is 1. The number of anilines is 1. The molecule has 4 heteroatoms. The van der Waals surface area contributed by atoms with E-state index in [0.717, 1.165) is 31.5 Å². The Kier molecular flexibility index (Phi) is 4.19. The van der Waals surface area contributed by atoms with Gasteiger partial charge >= 0.3 is 0 Å². The smallest absolute Gasteiger partial charge is 0.241 e. The third-order valence-electron chi connectivity index (χ3n) is 4.44. The van der Waals surface area contributed by atoms with Crippen LogP contribution in [0.3, 0.4) is 0 Å². The second-order valence-corrected chi connectivity index (χ2v) is 5.84. The van der Waals surface area contributed by atoms with Crippen molar-refractivity contribution in [2.45, 2.75) is 25.3 Å². The number of hydrogen-bond acceptors (Lipinski definition) is 2. The van der Waals surface area contributed by atoms with Crippen LogP contribution in [-0.4, -0.2) is 18.5 Å². The lowest BCUT2D eigenvalue weighted by Crippen LogP contribution is -2.35. The minimum absolute atomic E-state index is 0. The van der Waals surface area contributed by atoms with Gasteiger partial charge in [-0.2, -0.15) is 0 Å². The fourth-order valence-electron chi connectivity index (χ4n) is 3.36. The summed E-state index contributed by atoms with van der Waals surface area (Å²) in [6.45, 7) is 0.942. The molecule has 2 aliphatic rings. The summed E-state index contributed by atoms with van der Waals surface area (Å²) in [6.07, 6.45) is 2.97. The summed E-state index contributed by atoms with van der Waals surface area (Å²) in [4.78, 5) is 12.2. The number of hydrogen-bond donors (Lipinski definition) is 2. The predicted molar refractivity (Wildman–Crippen MR) is 91.6 cm³/mol. The molecule has 1 aliphatic carbocycles. The highest BCUT2D eigenvalue weighted by Crippen LogP contribution is 2.37. The first-order valence-corrected chi connectivity index (χ1v) is 7.57. The zero-order valence-electron chi connectivity index (χ0n) is 12.3. The zero-order chi connectivity index (χ0) is 14.2. The van der Waals surface area contributed by atoms with Crippen molar-refractivity contribution in [1.82, 2.24) is 5.32 Å². The second kappa shape index (κ2) is 6.11. The number of benzene rings is 2. The molecule has 1 amide bonds. The van der Waals surface area contributed by atoms with E-state index in [4.69, 9.17) is 0 Å².